The van der Waals surface area contributed by atoms with Crippen LogP contribution >= 0.6 is 11.3 Å². The highest BCUT2D eigenvalue weighted by molar-refractivity contribution is 7.09. The van der Waals surface area contributed by atoms with E-state index in [1.54, 1.807) is 25.4 Å². The van der Waals surface area contributed by atoms with Crippen LogP contribution in [0.25, 0.3) is 0 Å². The van der Waals surface area contributed by atoms with Crippen LogP contribution < -0.4 is 14.8 Å². The fraction of sp³-hybridized carbons (Fsp3) is 0.458. The van der Waals surface area contributed by atoms with E-state index in [4.69, 9.17) is 14.1 Å². The average Bonchev–Trinajstić information content (AvgIpc) is 3.41. The van der Waals surface area contributed by atoms with Crippen LogP contribution in [0.3, 0.4) is 0 Å². The molecule has 0 radical (unpaired) electrons. The number of carbonyl (C=O) groups is 2. The molecule has 1 fully saturated rings. The Bertz CT molecular complexity index is 1180. The molecular formula is C24H29N5O5S. The Hall–Kier alpha value is -3.47. The molecule has 2 amide bonds. The third kappa shape index (κ3) is 5.79. The number of ether oxygens (including phenoxy) is 2. The Balaban J connectivity index is 1.53. The molecule has 35 heavy (non-hydrogen) atoms. The topological polar surface area (TPSA) is 120 Å². The summed E-state index contributed by atoms with van der Waals surface area (Å²) in [5, 5.41) is 10.4. The lowest BCUT2D eigenvalue weighted by molar-refractivity contribution is -0.125. The van der Waals surface area contributed by atoms with Crippen LogP contribution in [0.15, 0.2) is 28.3 Å². The normalized spacial score (nSPS) is 15.9. The number of hydrogen-bond donors (Lipinski definition) is 1. The summed E-state index contributed by atoms with van der Waals surface area (Å²) in [6, 6.07) is 4.91. The van der Waals surface area contributed by atoms with E-state index in [1.165, 1.54) is 9.78 Å². The van der Waals surface area contributed by atoms with Gasteiger partial charge in [0.15, 0.2) is 17.2 Å². The van der Waals surface area contributed by atoms with Gasteiger partial charge in [0.2, 0.25) is 5.91 Å². The van der Waals surface area contributed by atoms with Crippen molar-refractivity contribution in [1.29, 1.82) is 0 Å². The average molecular weight is 500 g/mol. The zero-order valence-corrected chi connectivity index (χ0v) is 20.9. The highest BCUT2D eigenvalue weighted by Gasteiger charge is 2.34. The minimum Gasteiger partial charge on any atom is -0.493 e. The molecule has 1 aromatic carbocycles. The summed E-state index contributed by atoms with van der Waals surface area (Å²) in [5.74, 6) is 0.598. The van der Waals surface area contributed by atoms with E-state index in [0.29, 0.717) is 36.8 Å². The van der Waals surface area contributed by atoms with Gasteiger partial charge >= 0.3 is 0 Å². The quantitative estimate of drug-likeness (QED) is 0.477. The molecule has 0 unspecified atom stereocenters. The molecule has 3 aromatic rings. The molecule has 1 N–H and O–H groups in total. The van der Waals surface area contributed by atoms with Gasteiger partial charge in [0.1, 0.15) is 11.7 Å². The molecule has 1 atom stereocenters. The largest absolute Gasteiger partial charge is 0.493 e. The number of hydrogen-bond acceptors (Lipinski definition) is 9. The first-order chi connectivity index (χ1) is 17.0. The lowest BCUT2D eigenvalue weighted by Crippen LogP contribution is -2.48. The molecule has 1 saturated heterocycles. The zero-order chi connectivity index (χ0) is 24.8. The minimum atomic E-state index is -0.620. The molecule has 0 saturated carbocycles. The second kappa shape index (κ2) is 11.3. The summed E-state index contributed by atoms with van der Waals surface area (Å²) < 4.78 is 16.3. The van der Waals surface area contributed by atoms with Gasteiger partial charge in [0.05, 0.1) is 24.9 Å². The van der Waals surface area contributed by atoms with E-state index in [0.717, 1.165) is 30.5 Å². The number of aryl methyl sites for hydroxylation is 2. The number of aromatic nitrogens is 3. The van der Waals surface area contributed by atoms with E-state index in [9.17, 15) is 9.59 Å². The highest BCUT2D eigenvalue weighted by Crippen LogP contribution is 2.30. The number of amides is 2. The Morgan fingerprint density at radius 3 is 2.80 bits per heavy atom. The summed E-state index contributed by atoms with van der Waals surface area (Å²) in [5.41, 5.74) is 4.13. The highest BCUT2D eigenvalue weighted by atomic mass is 32.1. The number of carbonyl (C=O) groups excluding carboxylic acids is 2. The molecule has 3 heterocycles. The first-order valence-electron chi connectivity index (χ1n) is 11.5. The number of methoxy groups -OCH3 is 1. The Morgan fingerprint density at radius 2 is 2.09 bits per heavy atom. The van der Waals surface area contributed by atoms with Crippen molar-refractivity contribution >= 4 is 23.2 Å². The molecule has 1 aliphatic heterocycles. The fourth-order valence-corrected chi connectivity index (χ4v) is 4.81. The molecule has 1 aliphatic rings. The van der Waals surface area contributed by atoms with E-state index in [2.05, 4.69) is 20.6 Å². The molecule has 0 aliphatic carbocycles. The van der Waals surface area contributed by atoms with Crippen molar-refractivity contribution in [1.82, 2.24) is 25.5 Å². The number of thiazole rings is 1. The lowest BCUT2D eigenvalue weighted by atomic mass is 10.1. The van der Waals surface area contributed by atoms with Gasteiger partial charge in [-0.25, -0.2) is 9.61 Å². The molecule has 11 heteroatoms. The van der Waals surface area contributed by atoms with Crippen LogP contribution in [0.5, 0.6) is 11.5 Å². The smallest absolute Gasteiger partial charge is 0.279 e. The van der Waals surface area contributed by atoms with Crippen LogP contribution in [0.1, 0.15) is 51.6 Å². The van der Waals surface area contributed by atoms with Gasteiger partial charge in [-0.15, -0.1) is 11.3 Å². The van der Waals surface area contributed by atoms with Crippen molar-refractivity contribution in [3.8, 4) is 11.5 Å². The van der Waals surface area contributed by atoms with Crippen LogP contribution in [0.2, 0.25) is 0 Å². The summed E-state index contributed by atoms with van der Waals surface area (Å²) in [7, 11) is 1.57. The Labute approximate surface area is 207 Å². The van der Waals surface area contributed by atoms with Crippen LogP contribution in [0, 0.1) is 13.8 Å². The van der Waals surface area contributed by atoms with Crippen molar-refractivity contribution in [3.05, 3.63) is 51.2 Å². The minimum absolute atomic E-state index is 0.104. The van der Waals surface area contributed by atoms with Gasteiger partial charge in [-0.3, -0.25) is 9.59 Å². The lowest BCUT2D eigenvalue weighted by Gasteiger charge is -2.29. The van der Waals surface area contributed by atoms with E-state index >= 15 is 0 Å². The molecule has 10 nitrogen and oxygen atoms in total. The van der Waals surface area contributed by atoms with Crippen molar-refractivity contribution in [3.63, 3.8) is 0 Å². The molecule has 4 rings (SSSR count). The van der Waals surface area contributed by atoms with Gasteiger partial charge in [-0.05, 0) is 56.0 Å². The fourth-order valence-electron chi connectivity index (χ4n) is 4.05. The number of nitrogens with one attached hydrogen (secondary N) is 1. The summed E-state index contributed by atoms with van der Waals surface area (Å²) in [6.07, 6.45) is 3.02. The summed E-state index contributed by atoms with van der Waals surface area (Å²) in [4.78, 5) is 33.2. The number of nitrogens with zero attached hydrogens (tertiary/aromatic N) is 4. The van der Waals surface area contributed by atoms with Crippen molar-refractivity contribution in [2.24, 2.45) is 0 Å². The van der Waals surface area contributed by atoms with Gasteiger partial charge in [0, 0.05) is 24.4 Å². The second-order valence-corrected chi connectivity index (χ2v) is 9.32. The van der Waals surface area contributed by atoms with Crippen molar-refractivity contribution < 1.29 is 23.7 Å². The van der Waals surface area contributed by atoms with E-state index < -0.39 is 11.9 Å². The second-order valence-electron chi connectivity index (χ2n) is 8.38. The number of rotatable bonds is 9. The Morgan fingerprint density at radius 1 is 1.23 bits per heavy atom. The van der Waals surface area contributed by atoms with Gasteiger partial charge in [0.25, 0.3) is 5.91 Å². The summed E-state index contributed by atoms with van der Waals surface area (Å²) in [6.45, 7) is 4.92. The van der Waals surface area contributed by atoms with Crippen molar-refractivity contribution in [2.75, 3.05) is 20.3 Å². The van der Waals surface area contributed by atoms with Gasteiger partial charge in [-0.2, -0.15) is 0 Å². The third-order valence-electron chi connectivity index (χ3n) is 6.01. The molecular weight excluding hydrogens is 470 g/mol. The molecule has 2 aromatic heterocycles. The molecule has 186 valence electrons. The maximum absolute atomic E-state index is 13.4. The standard InChI is InChI=1S/C24H29N5O5S/c1-15-21(35-14-26-15)9-11-33-19-8-7-17(12-20(19)32-3)13-29(18-6-4-5-10-25-23(18)30)24(31)22-16(2)27-34-28-22/h7-8,12,14,18H,4-6,9-11,13H2,1-3H3,(H,25,30)/t18-/m0/s1. The SMILES string of the molecule is COc1cc(CN(C(=O)c2nonc2C)[C@H]2CCCCNC2=O)ccc1OCCc1scnc1C. The third-order valence-corrected chi connectivity index (χ3v) is 7.01. The van der Waals surface area contributed by atoms with Gasteiger partial charge in [-0.1, -0.05) is 11.2 Å². The number of benzene rings is 1. The van der Waals surface area contributed by atoms with Gasteiger partial charge < -0.3 is 19.7 Å². The van der Waals surface area contributed by atoms with Crippen LogP contribution in [-0.4, -0.2) is 58.3 Å². The van der Waals surface area contributed by atoms with Crippen LogP contribution in [0.4, 0.5) is 0 Å². The first-order valence-corrected chi connectivity index (χ1v) is 12.4. The summed E-state index contributed by atoms with van der Waals surface area (Å²) >= 11 is 1.61. The predicted molar refractivity (Wildman–Crippen MR) is 129 cm³/mol. The zero-order valence-electron chi connectivity index (χ0n) is 20.1. The Kier molecular flexibility index (Phi) is 7.96. The van der Waals surface area contributed by atoms with Crippen LogP contribution in [-0.2, 0) is 17.8 Å². The predicted octanol–water partition coefficient (Wildman–Crippen LogP) is 3.08. The van der Waals surface area contributed by atoms with E-state index in [-0.39, 0.29) is 18.1 Å². The maximum Gasteiger partial charge on any atom is 0.279 e. The first kappa shape index (κ1) is 24.6. The molecule has 0 spiro atoms. The maximum atomic E-state index is 13.4. The molecule has 0 bridgehead atoms. The van der Waals surface area contributed by atoms with E-state index in [1.807, 2.05) is 30.6 Å². The monoisotopic (exact) mass is 499 g/mol. The van der Waals surface area contributed by atoms with Crippen molar-refractivity contribution in [2.45, 2.75) is 52.1 Å².